The Balaban J connectivity index is 0.000000679. The number of halogens is 16. The van der Waals surface area contributed by atoms with E-state index in [1.54, 1.807) is 0 Å². The fourth-order valence-electron chi connectivity index (χ4n) is 3.68. The van der Waals surface area contributed by atoms with Crippen LogP contribution in [0.2, 0.25) is 0 Å². The number of alkyl halides is 8. The lowest BCUT2D eigenvalue weighted by molar-refractivity contribution is -0.290. The first-order valence-electron chi connectivity index (χ1n) is 12.0. The molecule has 0 bridgehead atoms. The first-order valence-corrected chi connectivity index (χ1v) is 12.0. The maximum atomic E-state index is 13.9. The molecule has 0 aliphatic carbocycles. The van der Waals surface area contributed by atoms with Crippen LogP contribution >= 0.6 is 0 Å². The molecule has 0 fully saturated rings. The van der Waals surface area contributed by atoms with Gasteiger partial charge in [-0.1, -0.05) is 33.6 Å². The minimum absolute atomic E-state index is 0.858. The van der Waals surface area contributed by atoms with E-state index in [4.69, 9.17) is 0 Å². The number of unbranched alkanes of at least 4 members (excludes halogenated alkanes) is 1. The summed E-state index contributed by atoms with van der Waals surface area (Å²) in [5.41, 5.74) is -14.2. The molecule has 2 aromatic carbocycles. The average molecular weight is 641 g/mol. The van der Waals surface area contributed by atoms with Crippen molar-refractivity contribution < 1.29 is 70.2 Å². The Morgan fingerprint density at radius 1 is 0.571 bits per heavy atom. The van der Waals surface area contributed by atoms with E-state index in [-0.39, 0.29) is 0 Å². The van der Waals surface area contributed by atoms with Crippen molar-refractivity contribution >= 4 is 0 Å². The van der Waals surface area contributed by atoms with Crippen LogP contribution in [0.25, 0.3) is 11.1 Å². The first-order chi connectivity index (χ1) is 19.1. The topological polar surface area (TPSA) is 12.0 Å². The third kappa shape index (κ3) is 7.81. The van der Waals surface area contributed by atoms with Gasteiger partial charge in [0.05, 0.1) is 11.1 Å². The Hall–Kier alpha value is -2.72. The number of hydrogen-bond donors (Lipinski definition) is 1. The van der Waals surface area contributed by atoms with Crippen LogP contribution in [0.3, 0.4) is 0 Å². The van der Waals surface area contributed by atoms with Gasteiger partial charge in [0.15, 0.2) is 40.7 Å². The standard InChI is InChI=1S/C15F16.C10H23N/c16-5-2(6(17)10(21)12(23)9(5)20)1-3(13(24,25)15(29,30)31)7(18)11(22)8(19)4(1)14(26,27)28;1-4-6-8-11-9-10(3)7-5-2/h;10-11H,4-9H2,1-3H3. The molecule has 0 heterocycles. The monoisotopic (exact) mass is 641 g/mol. The van der Waals surface area contributed by atoms with Crippen molar-refractivity contribution in [2.24, 2.45) is 5.92 Å². The van der Waals surface area contributed by atoms with E-state index in [2.05, 4.69) is 26.1 Å². The Kier molecular flexibility index (Phi) is 12.6. The molecule has 1 unspecified atom stereocenters. The zero-order chi connectivity index (χ0) is 33.0. The molecule has 0 saturated carbocycles. The summed E-state index contributed by atoms with van der Waals surface area (Å²) in [5, 5.41) is 3.47. The smallest absolute Gasteiger partial charge is 0.316 e. The predicted octanol–water partition coefficient (Wildman–Crippen LogP) is 9.95. The lowest BCUT2D eigenvalue weighted by atomic mass is 9.88. The minimum Gasteiger partial charge on any atom is -0.316 e. The highest BCUT2D eigenvalue weighted by Gasteiger charge is 2.63. The maximum absolute atomic E-state index is 13.9. The fourth-order valence-corrected chi connectivity index (χ4v) is 3.68. The molecule has 1 N–H and O–H groups in total. The van der Waals surface area contributed by atoms with E-state index in [0.717, 1.165) is 5.92 Å². The van der Waals surface area contributed by atoms with Crippen molar-refractivity contribution in [2.45, 2.75) is 64.7 Å². The second-order valence-corrected chi connectivity index (χ2v) is 9.03. The zero-order valence-electron chi connectivity index (χ0n) is 21.9. The van der Waals surface area contributed by atoms with Gasteiger partial charge in [0, 0.05) is 5.56 Å². The first kappa shape index (κ1) is 37.3. The number of benzene rings is 2. The van der Waals surface area contributed by atoms with E-state index in [9.17, 15) is 70.2 Å². The lowest BCUT2D eigenvalue weighted by Crippen LogP contribution is -2.36. The predicted molar refractivity (Wildman–Crippen MR) is 118 cm³/mol. The highest BCUT2D eigenvalue weighted by Crippen LogP contribution is 2.53. The molecule has 0 radical (unpaired) electrons. The maximum Gasteiger partial charge on any atom is 0.458 e. The van der Waals surface area contributed by atoms with Gasteiger partial charge in [-0.3, -0.25) is 0 Å². The molecule has 0 spiro atoms. The molecule has 0 aliphatic rings. The summed E-state index contributed by atoms with van der Waals surface area (Å²) < 4.78 is 214. The summed E-state index contributed by atoms with van der Waals surface area (Å²) >= 11 is 0. The van der Waals surface area contributed by atoms with Gasteiger partial charge in [-0.15, -0.1) is 0 Å². The molecule has 0 aromatic heterocycles. The molecule has 1 nitrogen and oxygen atoms in total. The van der Waals surface area contributed by atoms with Gasteiger partial charge in [-0.05, 0) is 31.8 Å². The van der Waals surface area contributed by atoms with Crippen LogP contribution in [0.15, 0.2) is 0 Å². The van der Waals surface area contributed by atoms with Gasteiger partial charge >= 0.3 is 18.3 Å². The van der Waals surface area contributed by atoms with Crippen LogP contribution < -0.4 is 5.32 Å². The van der Waals surface area contributed by atoms with E-state index in [1.807, 2.05) is 0 Å². The van der Waals surface area contributed by atoms with Gasteiger partial charge < -0.3 is 5.32 Å². The minimum atomic E-state index is -7.10. The van der Waals surface area contributed by atoms with E-state index >= 15 is 0 Å². The highest BCUT2D eigenvalue weighted by atomic mass is 19.4. The van der Waals surface area contributed by atoms with Crippen LogP contribution in [-0.2, 0) is 12.1 Å². The quantitative estimate of drug-likeness (QED) is 0.124. The molecule has 0 saturated heterocycles. The summed E-state index contributed by atoms with van der Waals surface area (Å²) in [4.78, 5) is 0. The Bertz CT molecular complexity index is 1200. The van der Waals surface area contributed by atoms with Crippen molar-refractivity contribution in [3.63, 3.8) is 0 Å². The molecule has 42 heavy (non-hydrogen) atoms. The van der Waals surface area contributed by atoms with Crippen molar-refractivity contribution in [3.8, 4) is 11.1 Å². The molecule has 0 aliphatic heterocycles. The summed E-state index contributed by atoms with van der Waals surface area (Å²) in [6.07, 6.45) is -8.39. The third-order valence-electron chi connectivity index (χ3n) is 5.72. The van der Waals surface area contributed by atoms with Crippen molar-refractivity contribution in [2.75, 3.05) is 13.1 Å². The average Bonchev–Trinajstić information content (AvgIpc) is 2.86. The number of hydrogen-bond acceptors (Lipinski definition) is 1. The van der Waals surface area contributed by atoms with Crippen LogP contribution in [-0.4, -0.2) is 19.3 Å². The van der Waals surface area contributed by atoms with Gasteiger partial charge in [-0.2, -0.15) is 35.1 Å². The van der Waals surface area contributed by atoms with Crippen LogP contribution in [0.1, 0.15) is 57.6 Å². The second-order valence-electron chi connectivity index (χ2n) is 9.03. The summed E-state index contributed by atoms with van der Waals surface area (Å²) in [5.74, 6) is -33.3. The van der Waals surface area contributed by atoms with E-state index in [1.165, 1.54) is 38.8 Å². The lowest BCUT2D eigenvalue weighted by Gasteiger charge is -2.26. The van der Waals surface area contributed by atoms with E-state index < -0.39 is 87.1 Å². The molecule has 2 aromatic rings. The molecule has 240 valence electrons. The van der Waals surface area contributed by atoms with Gasteiger partial charge in [-0.25, -0.2) is 35.1 Å². The Morgan fingerprint density at radius 2 is 1.00 bits per heavy atom. The van der Waals surface area contributed by atoms with E-state index in [0.29, 0.717) is 0 Å². The van der Waals surface area contributed by atoms with Crippen LogP contribution in [0.5, 0.6) is 0 Å². The summed E-state index contributed by atoms with van der Waals surface area (Å²) in [6, 6.07) is 0. The molecule has 1 atom stereocenters. The van der Waals surface area contributed by atoms with Gasteiger partial charge in [0.1, 0.15) is 5.56 Å². The molecular weight excluding hydrogens is 618 g/mol. The summed E-state index contributed by atoms with van der Waals surface area (Å²) in [7, 11) is 0. The Morgan fingerprint density at radius 3 is 1.40 bits per heavy atom. The highest BCUT2D eigenvalue weighted by molar-refractivity contribution is 5.75. The third-order valence-corrected chi connectivity index (χ3v) is 5.72. The van der Waals surface area contributed by atoms with Crippen molar-refractivity contribution in [3.05, 3.63) is 57.7 Å². The zero-order valence-corrected chi connectivity index (χ0v) is 21.9. The van der Waals surface area contributed by atoms with Crippen molar-refractivity contribution in [1.82, 2.24) is 5.32 Å². The molecule has 17 heteroatoms. The number of nitrogens with one attached hydrogen (secondary N) is 1. The van der Waals surface area contributed by atoms with Crippen LogP contribution in [0.4, 0.5) is 70.2 Å². The Labute approximate surface area is 228 Å². The molecule has 2 rings (SSSR count). The largest absolute Gasteiger partial charge is 0.458 e. The van der Waals surface area contributed by atoms with Gasteiger partial charge in [0.2, 0.25) is 5.82 Å². The normalized spacial score (nSPS) is 13.2. The van der Waals surface area contributed by atoms with Gasteiger partial charge in [0.25, 0.3) is 0 Å². The molecular formula is C25H23F16N. The fraction of sp³-hybridized carbons (Fsp3) is 0.520. The summed E-state index contributed by atoms with van der Waals surface area (Å²) in [6.45, 7) is 9.21. The number of rotatable bonds is 9. The molecule has 0 amide bonds. The SMILES string of the molecule is CCCCNCC(C)CCC.Fc1c(F)c(F)c(-c2c(C(F)(F)F)c(F)c(F)c(F)c2C(F)(F)C(F)(F)F)c(F)c1F. The second kappa shape index (κ2) is 14.2. The van der Waals surface area contributed by atoms with Crippen LogP contribution in [0, 0.1) is 52.5 Å². The van der Waals surface area contributed by atoms with Crippen molar-refractivity contribution in [1.29, 1.82) is 0 Å².